The van der Waals surface area contributed by atoms with Crippen molar-refractivity contribution in [1.29, 1.82) is 0 Å². The molecule has 0 amide bonds. The van der Waals surface area contributed by atoms with E-state index in [-0.39, 0.29) is 0 Å². The second-order valence-electron chi connectivity index (χ2n) is 3.61. The van der Waals surface area contributed by atoms with Gasteiger partial charge >= 0.3 is 0 Å². The van der Waals surface area contributed by atoms with Crippen molar-refractivity contribution >= 4 is 31.9 Å². The molecule has 0 nitrogen and oxygen atoms in total. The van der Waals surface area contributed by atoms with Gasteiger partial charge in [0.2, 0.25) is 0 Å². The maximum absolute atomic E-state index is 3.49. The summed E-state index contributed by atoms with van der Waals surface area (Å²) in [5.41, 5.74) is 5.22. The lowest BCUT2D eigenvalue weighted by atomic mass is 10.1. The fourth-order valence-electron chi connectivity index (χ4n) is 1.96. The Bertz CT molecular complexity index is 495. The average Bonchev–Trinajstić information content (AvgIpc) is 2.53. The van der Waals surface area contributed by atoms with E-state index in [4.69, 9.17) is 0 Å². The maximum Gasteiger partial charge on any atom is 0.0212 e. The molecule has 0 saturated heterocycles. The van der Waals surface area contributed by atoms with Crippen LogP contribution in [0.4, 0.5) is 0 Å². The first-order valence-electron chi connectivity index (χ1n) is 4.68. The molecule has 0 unspecified atom stereocenters. The van der Waals surface area contributed by atoms with Crippen LogP contribution in [-0.4, -0.2) is 0 Å². The van der Waals surface area contributed by atoms with Crippen LogP contribution in [0.5, 0.6) is 0 Å². The summed E-state index contributed by atoms with van der Waals surface area (Å²) in [6.07, 6.45) is 2.22. The first kappa shape index (κ1) is 9.61. The Kier molecular flexibility index (Phi) is 2.22. The van der Waals surface area contributed by atoms with E-state index < -0.39 is 0 Å². The largest absolute Gasteiger partial charge is 0.0529 e. The van der Waals surface area contributed by atoms with E-state index in [1.807, 2.05) is 0 Å². The molecule has 0 N–H and O–H groups in total. The Morgan fingerprint density at radius 1 is 0.667 bits per heavy atom. The first-order valence-corrected chi connectivity index (χ1v) is 6.27. The van der Waals surface area contributed by atoms with Crippen LogP contribution >= 0.6 is 31.9 Å². The van der Waals surface area contributed by atoms with Crippen LogP contribution in [0.3, 0.4) is 0 Å². The highest BCUT2D eigenvalue weighted by atomic mass is 79.9. The van der Waals surface area contributed by atoms with Crippen LogP contribution in [0, 0.1) is 6.42 Å². The van der Waals surface area contributed by atoms with Crippen molar-refractivity contribution in [3.8, 4) is 11.1 Å². The molecule has 73 valence electrons. The van der Waals surface area contributed by atoms with Crippen LogP contribution < -0.4 is 0 Å². The van der Waals surface area contributed by atoms with Crippen LogP contribution in [0.1, 0.15) is 11.1 Å². The van der Waals surface area contributed by atoms with E-state index in [2.05, 4.69) is 74.7 Å². The van der Waals surface area contributed by atoms with Gasteiger partial charge in [0, 0.05) is 15.4 Å². The second kappa shape index (κ2) is 3.46. The third-order valence-corrected chi connectivity index (χ3v) is 3.61. The van der Waals surface area contributed by atoms with Crippen LogP contribution in [0.15, 0.2) is 45.3 Å². The van der Waals surface area contributed by atoms with Gasteiger partial charge in [-0.3, -0.25) is 0 Å². The smallest absolute Gasteiger partial charge is 0.0212 e. The Hall–Kier alpha value is -0.600. The maximum atomic E-state index is 3.49. The topological polar surface area (TPSA) is 0 Å². The molecule has 1 aliphatic rings. The highest BCUT2D eigenvalue weighted by molar-refractivity contribution is 9.10. The van der Waals surface area contributed by atoms with Gasteiger partial charge in [-0.1, -0.05) is 44.0 Å². The SMILES string of the molecule is Brc1ccc2c(c1)[CH]c1cc(Br)ccc1-2. The monoisotopic (exact) mass is 321 g/mol. The summed E-state index contributed by atoms with van der Waals surface area (Å²) in [4.78, 5) is 0. The van der Waals surface area contributed by atoms with Gasteiger partial charge in [0.1, 0.15) is 0 Å². The zero-order valence-corrected chi connectivity index (χ0v) is 11.0. The predicted octanol–water partition coefficient (Wildman–Crippen LogP) is 4.79. The molecular weight excluding hydrogens is 316 g/mol. The number of halogens is 2. The summed E-state index contributed by atoms with van der Waals surface area (Å²) in [6, 6.07) is 12.8. The summed E-state index contributed by atoms with van der Waals surface area (Å²) in [5.74, 6) is 0. The zero-order valence-electron chi connectivity index (χ0n) is 7.80. The minimum atomic E-state index is 1.13. The lowest BCUT2D eigenvalue weighted by Crippen LogP contribution is -1.76. The zero-order chi connectivity index (χ0) is 10.4. The van der Waals surface area contributed by atoms with E-state index in [0.29, 0.717) is 0 Å². The van der Waals surface area contributed by atoms with Crippen molar-refractivity contribution in [2.45, 2.75) is 0 Å². The standard InChI is InChI=1S/C13H7Br2/c14-10-1-3-12-8(6-10)5-9-7-11(15)2-4-13(9)12/h1-7H. The quantitative estimate of drug-likeness (QED) is 0.558. The normalized spacial score (nSPS) is 12.4. The van der Waals surface area contributed by atoms with E-state index in [1.54, 1.807) is 0 Å². The number of fused-ring (bicyclic) bond motifs is 3. The first-order chi connectivity index (χ1) is 7.24. The number of hydrogen-bond acceptors (Lipinski definition) is 0. The summed E-state index contributed by atoms with van der Waals surface area (Å²) < 4.78 is 2.26. The summed E-state index contributed by atoms with van der Waals surface area (Å²) >= 11 is 6.99. The third-order valence-electron chi connectivity index (χ3n) is 2.63. The van der Waals surface area contributed by atoms with Crippen LogP contribution in [0.25, 0.3) is 11.1 Å². The Morgan fingerprint density at radius 2 is 1.13 bits per heavy atom. The lowest BCUT2D eigenvalue weighted by Gasteiger charge is -2.00. The minimum absolute atomic E-state index is 1.13. The molecule has 0 aliphatic heterocycles. The van der Waals surface area contributed by atoms with Gasteiger partial charge in [0.25, 0.3) is 0 Å². The van der Waals surface area contributed by atoms with Crippen molar-refractivity contribution in [3.63, 3.8) is 0 Å². The highest BCUT2D eigenvalue weighted by Crippen LogP contribution is 2.40. The van der Waals surface area contributed by atoms with Gasteiger partial charge in [0.15, 0.2) is 0 Å². The summed E-state index contributed by atoms with van der Waals surface area (Å²) in [5, 5.41) is 0. The van der Waals surface area contributed by atoms with E-state index in [0.717, 1.165) is 8.95 Å². The van der Waals surface area contributed by atoms with Crippen molar-refractivity contribution in [1.82, 2.24) is 0 Å². The molecule has 0 fully saturated rings. The molecule has 0 heterocycles. The Labute approximate surface area is 106 Å². The molecule has 15 heavy (non-hydrogen) atoms. The van der Waals surface area contributed by atoms with Crippen molar-refractivity contribution in [2.24, 2.45) is 0 Å². The van der Waals surface area contributed by atoms with Crippen LogP contribution in [0.2, 0.25) is 0 Å². The van der Waals surface area contributed by atoms with Gasteiger partial charge in [-0.15, -0.1) is 0 Å². The molecule has 0 spiro atoms. The minimum Gasteiger partial charge on any atom is -0.0529 e. The molecule has 1 aliphatic carbocycles. The summed E-state index contributed by atoms with van der Waals surface area (Å²) in [6.45, 7) is 0. The molecule has 2 heteroatoms. The number of rotatable bonds is 0. The van der Waals surface area contributed by atoms with Gasteiger partial charge in [-0.05, 0) is 46.5 Å². The fraction of sp³-hybridized carbons (Fsp3) is 0. The molecule has 3 rings (SSSR count). The number of benzene rings is 2. The molecule has 0 saturated carbocycles. The van der Waals surface area contributed by atoms with Crippen molar-refractivity contribution in [3.05, 3.63) is 62.9 Å². The lowest BCUT2D eigenvalue weighted by molar-refractivity contribution is 1.51. The molecular formula is C13H7Br2. The number of hydrogen-bond donors (Lipinski definition) is 0. The molecule has 2 aromatic rings. The molecule has 1 radical (unpaired) electrons. The van der Waals surface area contributed by atoms with Gasteiger partial charge in [0.05, 0.1) is 0 Å². The average molecular weight is 323 g/mol. The fourth-order valence-corrected chi connectivity index (χ4v) is 2.72. The molecule has 0 atom stereocenters. The van der Waals surface area contributed by atoms with Gasteiger partial charge in [-0.2, -0.15) is 0 Å². The molecule has 0 bridgehead atoms. The predicted molar refractivity (Wildman–Crippen MR) is 69.8 cm³/mol. The third kappa shape index (κ3) is 1.56. The molecule has 2 aromatic carbocycles. The second-order valence-corrected chi connectivity index (χ2v) is 5.44. The van der Waals surface area contributed by atoms with E-state index in [9.17, 15) is 0 Å². The van der Waals surface area contributed by atoms with Gasteiger partial charge < -0.3 is 0 Å². The molecule has 0 aromatic heterocycles. The van der Waals surface area contributed by atoms with Crippen molar-refractivity contribution < 1.29 is 0 Å². The van der Waals surface area contributed by atoms with Gasteiger partial charge in [-0.25, -0.2) is 0 Å². The van der Waals surface area contributed by atoms with E-state index in [1.165, 1.54) is 22.3 Å². The Morgan fingerprint density at radius 3 is 1.60 bits per heavy atom. The highest BCUT2D eigenvalue weighted by Gasteiger charge is 2.18. The summed E-state index contributed by atoms with van der Waals surface area (Å²) in [7, 11) is 0. The van der Waals surface area contributed by atoms with Crippen molar-refractivity contribution in [2.75, 3.05) is 0 Å². The van der Waals surface area contributed by atoms with Crippen LogP contribution in [-0.2, 0) is 0 Å². The Balaban J connectivity index is 2.24. The van der Waals surface area contributed by atoms with E-state index >= 15 is 0 Å².